The molecule has 0 bridgehead atoms. The maximum absolute atomic E-state index is 12.5. The van der Waals surface area contributed by atoms with E-state index in [1.54, 1.807) is 17.0 Å². The Morgan fingerprint density at radius 1 is 0.957 bits per heavy atom. The highest BCUT2D eigenvalue weighted by atomic mass is 16.2. The number of rotatable bonds is 3. The van der Waals surface area contributed by atoms with Crippen LogP contribution in [-0.4, -0.2) is 21.2 Å². The Bertz CT molecular complexity index is 956. The number of nitrogens with one attached hydrogen (secondary N) is 1. The summed E-state index contributed by atoms with van der Waals surface area (Å²) in [4.78, 5) is 28.1. The third kappa shape index (κ3) is 2.25. The summed E-state index contributed by atoms with van der Waals surface area (Å²) in [6.45, 7) is 0. The van der Waals surface area contributed by atoms with Crippen molar-refractivity contribution in [3.63, 3.8) is 0 Å². The molecule has 0 amide bonds. The number of carbonyl (C=O) groups excluding carboxylic acids is 2. The van der Waals surface area contributed by atoms with Gasteiger partial charge >= 0.3 is 0 Å². The number of benzene rings is 2. The average molecular weight is 302 g/mol. The fourth-order valence-electron chi connectivity index (χ4n) is 2.92. The maximum atomic E-state index is 12.5. The number of para-hydroxylation sites is 2. The Labute approximate surface area is 132 Å². The van der Waals surface area contributed by atoms with E-state index in [4.69, 9.17) is 0 Å². The van der Waals surface area contributed by atoms with E-state index in [1.165, 1.54) is 0 Å². The van der Waals surface area contributed by atoms with Crippen molar-refractivity contribution in [3.8, 4) is 0 Å². The normalized spacial score (nSPS) is 11.1. The summed E-state index contributed by atoms with van der Waals surface area (Å²) in [6, 6.07) is 17.1. The number of aromatic amines is 1. The lowest BCUT2D eigenvalue weighted by atomic mass is 10.1. The SMILES string of the molecule is O=C(CC(=O)n1ccc2ccccc21)c1c[nH]c2ccccc12. The molecule has 4 rings (SSSR count). The molecular formula is C19H14N2O2. The number of aromatic nitrogens is 2. The van der Waals surface area contributed by atoms with Gasteiger partial charge in [0.2, 0.25) is 5.91 Å². The van der Waals surface area contributed by atoms with Crippen LogP contribution >= 0.6 is 0 Å². The second kappa shape index (κ2) is 5.25. The number of nitrogens with zero attached hydrogens (tertiary/aromatic N) is 1. The Hall–Kier alpha value is -3.14. The number of hydrogen-bond donors (Lipinski definition) is 1. The van der Waals surface area contributed by atoms with E-state index in [-0.39, 0.29) is 18.1 Å². The van der Waals surface area contributed by atoms with Crippen LogP contribution in [0.5, 0.6) is 0 Å². The highest BCUT2D eigenvalue weighted by Gasteiger charge is 2.17. The lowest BCUT2D eigenvalue weighted by Crippen LogP contribution is -2.14. The highest BCUT2D eigenvalue weighted by molar-refractivity contribution is 6.15. The number of Topliss-reactive ketones (excluding diaryl/α,β-unsaturated/α-hetero) is 1. The van der Waals surface area contributed by atoms with Crippen molar-refractivity contribution in [3.05, 3.63) is 72.6 Å². The molecule has 0 saturated heterocycles. The first-order valence-corrected chi connectivity index (χ1v) is 7.42. The van der Waals surface area contributed by atoms with Gasteiger partial charge in [0.25, 0.3) is 0 Å². The second-order valence-electron chi connectivity index (χ2n) is 5.49. The number of fused-ring (bicyclic) bond motifs is 2. The Morgan fingerprint density at radius 2 is 1.74 bits per heavy atom. The summed E-state index contributed by atoms with van der Waals surface area (Å²) in [5, 5.41) is 1.84. The fourth-order valence-corrected chi connectivity index (χ4v) is 2.92. The van der Waals surface area contributed by atoms with Crippen molar-refractivity contribution in [2.45, 2.75) is 6.42 Å². The molecule has 0 radical (unpaired) electrons. The van der Waals surface area contributed by atoms with Gasteiger partial charge in [0.05, 0.1) is 11.9 Å². The summed E-state index contributed by atoms with van der Waals surface area (Å²) in [6.07, 6.45) is 3.24. The quantitative estimate of drug-likeness (QED) is 0.459. The van der Waals surface area contributed by atoms with Crippen LogP contribution in [0.3, 0.4) is 0 Å². The summed E-state index contributed by atoms with van der Waals surface area (Å²) in [5.74, 6) is -0.397. The molecule has 4 nitrogen and oxygen atoms in total. The van der Waals surface area contributed by atoms with E-state index < -0.39 is 0 Å². The van der Waals surface area contributed by atoms with Crippen molar-refractivity contribution in [1.29, 1.82) is 0 Å². The Kier molecular flexibility index (Phi) is 3.08. The van der Waals surface area contributed by atoms with Crippen LogP contribution in [-0.2, 0) is 0 Å². The minimum atomic E-state index is -0.221. The van der Waals surface area contributed by atoms with Crippen LogP contribution in [0.15, 0.2) is 67.0 Å². The van der Waals surface area contributed by atoms with Crippen LogP contribution in [0.4, 0.5) is 0 Å². The number of hydrogen-bond acceptors (Lipinski definition) is 2. The van der Waals surface area contributed by atoms with Crippen LogP contribution < -0.4 is 0 Å². The van der Waals surface area contributed by atoms with E-state index in [2.05, 4.69) is 4.98 Å². The smallest absolute Gasteiger partial charge is 0.238 e. The zero-order valence-corrected chi connectivity index (χ0v) is 12.3. The van der Waals surface area contributed by atoms with E-state index in [9.17, 15) is 9.59 Å². The molecule has 0 aliphatic rings. The lowest BCUT2D eigenvalue weighted by molar-refractivity contribution is 0.0847. The molecule has 1 N–H and O–H groups in total. The van der Waals surface area contributed by atoms with E-state index in [1.807, 2.05) is 54.6 Å². The molecule has 0 unspecified atom stereocenters. The fraction of sp³-hybridized carbons (Fsp3) is 0.0526. The molecule has 0 aliphatic heterocycles. The van der Waals surface area contributed by atoms with Crippen molar-refractivity contribution in [2.24, 2.45) is 0 Å². The molecule has 2 heterocycles. The molecule has 0 aliphatic carbocycles. The van der Waals surface area contributed by atoms with Crippen LogP contribution in [0.2, 0.25) is 0 Å². The molecule has 112 valence electrons. The standard InChI is InChI=1S/C19H14N2O2/c22-18(15-12-20-16-7-3-2-6-14(15)16)11-19(23)21-10-9-13-5-1-4-8-17(13)21/h1-10,12,20H,11H2. The van der Waals surface area contributed by atoms with Gasteiger partial charge in [-0.05, 0) is 18.2 Å². The summed E-state index contributed by atoms with van der Waals surface area (Å²) >= 11 is 0. The average Bonchev–Trinajstić information content (AvgIpc) is 3.19. The van der Waals surface area contributed by atoms with Crippen LogP contribution in [0.25, 0.3) is 21.8 Å². The van der Waals surface area contributed by atoms with Gasteiger partial charge in [-0.15, -0.1) is 0 Å². The van der Waals surface area contributed by atoms with Crippen molar-refractivity contribution in [1.82, 2.24) is 9.55 Å². The lowest BCUT2D eigenvalue weighted by Gasteiger charge is -2.03. The molecule has 4 heteroatoms. The molecule has 0 fully saturated rings. The number of ketones is 1. The number of H-pyrrole nitrogens is 1. The van der Waals surface area contributed by atoms with Crippen LogP contribution in [0.1, 0.15) is 21.6 Å². The van der Waals surface area contributed by atoms with Gasteiger partial charge in [-0.3, -0.25) is 14.2 Å². The first-order chi connectivity index (χ1) is 11.2. The van der Waals surface area contributed by atoms with Gasteiger partial charge in [-0.1, -0.05) is 36.4 Å². The summed E-state index contributed by atoms with van der Waals surface area (Å²) in [7, 11) is 0. The third-order valence-corrected chi connectivity index (χ3v) is 4.07. The van der Waals surface area contributed by atoms with E-state index in [0.29, 0.717) is 5.56 Å². The first-order valence-electron chi connectivity index (χ1n) is 7.42. The van der Waals surface area contributed by atoms with Gasteiger partial charge in [0, 0.05) is 34.2 Å². The molecule has 0 spiro atoms. The van der Waals surface area contributed by atoms with Crippen molar-refractivity contribution in [2.75, 3.05) is 0 Å². The Balaban J connectivity index is 1.65. The molecule has 4 aromatic rings. The molecule has 2 aromatic heterocycles. The van der Waals surface area contributed by atoms with Gasteiger partial charge in [0.15, 0.2) is 5.78 Å². The van der Waals surface area contributed by atoms with E-state index >= 15 is 0 Å². The molecule has 0 atom stereocenters. The predicted molar refractivity (Wildman–Crippen MR) is 89.8 cm³/mol. The molecule has 0 saturated carbocycles. The van der Waals surface area contributed by atoms with Crippen molar-refractivity contribution < 1.29 is 9.59 Å². The second-order valence-corrected chi connectivity index (χ2v) is 5.49. The van der Waals surface area contributed by atoms with Gasteiger partial charge in [-0.25, -0.2) is 0 Å². The van der Waals surface area contributed by atoms with Gasteiger partial charge in [-0.2, -0.15) is 0 Å². The highest BCUT2D eigenvalue weighted by Crippen LogP contribution is 2.20. The molecule has 2 aromatic carbocycles. The first kappa shape index (κ1) is 13.5. The topological polar surface area (TPSA) is 54.9 Å². The molecule has 23 heavy (non-hydrogen) atoms. The predicted octanol–water partition coefficient (Wildman–Crippen LogP) is 4.04. The minimum absolute atomic E-state index is 0.152. The number of carbonyl (C=O) groups is 2. The van der Waals surface area contributed by atoms with Crippen molar-refractivity contribution >= 4 is 33.5 Å². The third-order valence-electron chi connectivity index (χ3n) is 4.07. The molecular weight excluding hydrogens is 288 g/mol. The minimum Gasteiger partial charge on any atom is -0.360 e. The van der Waals surface area contributed by atoms with Gasteiger partial charge < -0.3 is 4.98 Å². The maximum Gasteiger partial charge on any atom is 0.238 e. The zero-order chi connectivity index (χ0) is 15.8. The summed E-state index contributed by atoms with van der Waals surface area (Å²) < 4.78 is 1.54. The van der Waals surface area contributed by atoms with Crippen LogP contribution in [0, 0.1) is 0 Å². The largest absolute Gasteiger partial charge is 0.360 e. The van der Waals surface area contributed by atoms with Gasteiger partial charge in [0.1, 0.15) is 0 Å². The Morgan fingerprint density at radius 3 is 2.65 bits per heavy atom. The zero-order valence-electron chi connectivity index (χ0n) is 12.3. The summed E-state index contributed by atoms with van der Waals surface area (Å²) in [5.41, 5.74) is 2.28. The monoisotopic (exact) mass is 302 g/mol. The van der Waals surface area contributed by atoms with E-state index in [0.717, 1.165) is 21.8 Å².